The number of nitrogens with one attached hydrogen (secondary N) is 2. The Bertz CT molecular complexity index is 3630. The zero-order chi connectivity index (χ0) is 58.5. The number of fused-ring (bicyclic) bond motifs is 4. The SMILES string of the molecule is CC(C)CN(C[C@H]1C[C@@H](n2ccc3c(N)ncnc32)[C@H](O)[C@@H]1O)C1CC(CCc2nc3ccc(C(C)(C)Cc4cc(C(C)(C)C)cc5[nH]c(CCC6CC(N(C[C@H]7C[C@@H](n8ccc9c(N)ncnc98)[C@H](O)[C@@H]7O)C7CCC7)C6)nc45)cc3[nH]2)C1. The third-order valence-corrected chi connectivity index (χ3v) is 20.9. The highest BCUT2D eigenvalue weighted by molar-refractivity contribution is 5.87. The van der Waals surface area contributed by atoms with Gasteiger partial charge in [-0.2, -0.15) is 0 Å². The number of H-pyrrole nitrogens is 2. The fraction of sp³-hybridized carbons (Fsp3) is 0.606. The summed E-state index contributed by atoms with van der Waals surface area (Å²) in [6, 6.07) is 16.3. The third kappa shape index (κ3) is 10.9. The lowest BCUT2D eigenvalue weighted by atomic mass is 9.74. The molecule has 13 rings (SSSR count). The fourth-order valence-corrected chi connectivity index (χ4v) is 15.6. The quantitative estimate of drug-likeness (QED) is 0.0354. The van der Waals surface area contributed by atoms with E-state index in [9.17, 15) is 20.4 Å². The average Bonchev–Trinajstić information content (AvgIpc) is 3.52. The van der Waals surface area contributed by atoms with Crippen LogP contribution in [0.5, 0.6) is 0 Å². The maximum absolute atomic E-state index is 11.5. The second-order valence-corrected chi connectivity index (χ2v) is 28.7. The van der Waals surface area contributed by atoms with Gasteiger partial charge < -0.3 is 51.0 Å². The first-order valence-electron chi connectivity index (χ1n) is 31.6. The van der Waals surface area contributed by atoms with E-state index in [1.807, 2.05) is 33.7 Å². The minimum atomic E-state index is -0.884. The zero-order valence-corrected chi connectivity index (χ0v) is 50.4. The van der Waals surface area contributed by atoms with Gasteiger partial charge in [0.15, 0.2) is 0 Å². The summed E-state index contributed by atoms with van der Waals surface area (Å²) in [6.45, 7) is 18.7. The summed E-state index contributed by atoms with van der Waals surface area (Å²) >= 11 is 0. The molecule has 84 heavy (non-hydrogen) atoms. The van der Waals surface area contributed by atoms with Crippen LogP contribution in [0, 0.1) is 29.6 Å². The topological polar surface area (TPSA) is 258 Å². The lowest BCUT2D eigenvalue weighted by Gasteiger charge is -2.50. The smallest absolute Gasteiger partial charge is 0.145 e. The number of aryl methyl sites for hydroxylation is 2. The van der Waals surface area contributed by atoms with E-state index in [-0.39, 0.29) is 34.7 Å². The monoisotopic (exact) mass is 1140 g/mol. The molecule has 0 saturated heterocycles. The van der Waals surface area contributed by atoms with Crippen LogP contribution in [0.25, 0.3) is 44.1 Å². The lowest BCUT2D eigenvalue weighted by Crippen LogP contribution is -2.54. The number of aliphatic hydroxyl groups is 4. The number of nitrogens with zero attached hydrogens (tertiary/aromatic N) is 10. The van der Waals surface area contributed by atoms with E-state index in [2.05, 4.69) is 119 Å². The van der Waals surface area contributed by atoms with Gasteiger partial charge in [-0.3, -0.25) is 9.80 Å². The molecule has 448 valence electrons. The van der Waals surface area contributed by atoms with Gasteiger partial charge in [-0.25, -0.2) is 29.9 Å². The van der Waals surface area contributed by atoms with Gasteiger partial charge in [-0.15, -0.1) is 0 Å². The van der Waals surface area contributed by atoms with E-state index >= 15 is 0 Å². The normalized spacial score (nSPS) is 27.8. The molecule has 5 aliphatic rings. The molecule has 5 saturated carbocycles. The number of hydrogen-bond donors (Lipinski definition) is 8. The molecule has 5 fully saturated rings. The molecular weight excluding hydrogens is 1050 g/mol. The number of nitrogens with two attached hydrogens (primary N) is 2. The van der Waals surface area contributed by atoms with Crippen LogP contribution < -0.4 is 11.5 Å². The highest BCUT2D eigenvalue weighted by atomic mass is 16.3. The lowest BCUT2D eigenvalue weighted by molar-refractivity contribution is -0.0338. The Hall–Kier alpha value is -6.02. The number of hydrogen-bond acceptors (Lipinski definition) is 14. The molecule has 0 spiro atoms. The number of aromatic amines is 2. The summed E-state index contributed by atoms with van der Waals surface area (Å²) in [4.78, 5) is 40.5. The minimum Gasteiger partial charge on any atom is -0.390 e. The van der Waals surface area contributed by atoms with Crippen LogP contribution in [0.2, 0.25) is 0 Å². The molecule has 0 radical (unpaired) electrons. The standard InChI is InChI=1S/C66H90N14O4/c1-36(2)31-77(32-40-26-52(59(83)57(40)81)78-19-17-47-61(67)69-34-71-63(47)78)45-21-37(22-45)11-15-54-73-49-14-13-42(28-50(49)74-54)66(6,7)30-39-25-43(65(3,4)5)29-51-56(39)76-55(75-51)16-12-38-23-46(24-38)80(44-9-8-10-44)33-41-27-53(60(84)58(41)82)79-20-18-48-62(68)70-35-72-64(48)79/h13-14,17-20,25,28-29,34-38,40-41,44-46,52-53,57-60,81-84H,8-12,15-16,21-24,26-27,30-33H2,1-7H3,(H,73,74)(H,75,76)(H2,67,69,71)(H2,68,70,72)/t37?,38?,40-,41-,45?,46?,52-,53-,57-,58-,59+,60+/m1/s1. The summed E-state index contributed by atoms with van der Waals surface area (Å²) in [6.07, 6.45) is 17.8. The zero-order valence-electron chi connectivity index (χ0n) is 50.4. The number of aromatic nitrogens is 10. The van der Waals surface area contributed by atoms with Gasteiger partial charge in [0.25, 0.3) is 0 Å². The highest BCUT2D eigenvalue weighted by Crippen LogP contribution is 2.46. The average molecular weight is 1140 g/mol. The molecule has 18 nitrogen and oxygen atoms in total. The van der Waals surface area contributed by atoms with Gasteiger partial charge in [-0.1, -0.05) is 67.0 Å². The third-order valence-electron chi connectivity index (χ3n) is 20.9. The van der Waals surface area contributed by atoms with Crippen LogP contribution in [0.15, 0.2) is 67.5 Å². The predicted molar refractivity (Wildman–Crippen MR) is 330 cm³/mol. The van der Waals surface area contributed by atoms with Gasteiger partial charge in [0.1, 0.15) is 59.4 Å². The van der Waals surface area contributed by atoms with Crippen molar-refractivity contribution in [1.29, 1.82) is 0 Å². The number of anilines is 2. The Morgan fingerprint density at radius 3 is 1.76 bits per heavy atom. The Morgan fingerprint density at radius 1 is 0.631 bits per heavy atom. The molecule has 6 heterocycles. The Labute approximate surface area is 493 Å². The first-order valence-corrected chi connectivity index (χ1v) is 31.6. The highest BCUT2D eigenvalue weighted by Gasteiger charge is 2.48. The van der Waals surface area contributed by atoms with Crippen molar-refractivity contribution in [3.63, 3.8) is 0 Å². The predicted octanol–water partition coefficient (Wildman–Crippen LogP) is 9.11. The molecule has 8 atom stereocenters. The van der Waals surface area contributed by atoms with Crippen molar-refractivity contribution in [1.82, 2.24) is 58.8 Å². The maximum atomic E-state index is 11.5. The largest absolute Gasteiger partial charge is 0.390 e. The van der Waals surface area contributed by atoms with E-state index in [4.69, 9.17) is 21.4 Å². The van der Waals surface area contributed by atoms with E-state index in [1.54, 1.807) is 0 Å². The molecule has 0 amide bonds. The van der Waals surface area contributed by atoms with Gasteiger partial charge in [0.05, 0.1) is 57.1 Å². The van der Waals surface area contributed by atoms with E-state index in [0.717, 1.165) is 122 Å². The fourth-order valence-electron chi connectivity index (χ4n) is 15.6. The summed E-state index contributed by atoms with van der Waals surface area (Å²) < 4.78 is 3.96. The maximum Gasteiger partial charge on any atom is 0.145 e. The van der Waals surface area contributed by atoms with Crippen molar-refractivity contribution in [2.24, 2.45) is 29.6 Å². The second-order valence-electron chi connectivity index (χ2n) is 28.7. The van der Waals surface area contributed by atoms with Crippen molar-refractivity contribution in [3.8, 4) is 0 Å². The molecule has 8 aromatic rings. The van der Waals surface area contributed by atoms with E-state index in [0.29, 0.717) is 71.7 Å². The molecule has 0 unspecified atom stereocenters. The van der Waals surface area contributed by atoms with Crippen LogP contribution in [0.3, 0.4) is 0 Å². The first-order chi connectivity index (χ1) is 40.2. The number of aliphatic hydroxyl groups excluding tert-OH is 4. The molecule has 18 heteroatoms. The summed E-state index contributed by atoms with van der Waals surface area (Å²) in [5.74, 6) is 4.60. The number of nitrogen functional groups attached to an aromatic ring is 2. The Morgan fingerprint density at radius 2 is 1.19 bits per heavy atom. The number of benzene rings is 2. The summed E-state index contributed by atoms with van der Waals surface area (Å²) in [5, 5.41) is 47.1. The number of rotatable bonds is 20. The van der Waals surface area contributed by atoms with E-state index < -0.39 is 24.4 Å². The summed E-state index contributed by atoms with van der Waals surface area (Å²) in [7, 11) is 0. The van der Waals surface area contributed by atoms with Crippen molar-refractivity contribution >= 4 is 55.8 Å². The Balaban J connectivity index is 0.620. The second kappa shape index (κ2) is 22.4. The van der Waals surface area contributed by atoms with Gasteiger partial charge in [0.2, 0.25) is 0 Å². The minimum absolute atomic E-state index is 0.0262. The first kappa shape index (κ1) is 57.1. The van der Waals surface area contributed by atoms with Crippen LogP contribution in [0.1, 0.15) is 160 Å². The summed E-state index contributed by atoms with van der Waals surface area (Å²) in [5.41, 5.74) is 21.6. The number of imidazole rings is 2. The van der Waals surface area contributed by atoms with E-state index in [1.165, 1.54) is 48.6 Å². The molecular formula is C66H90N14O4. The Kier molecular flexibility index (Phi) is 15.2. The molecule has 0 bridgehead atoms. The molecule has 2 aromatic carbocycles. The van der Waals surface area contributed by atoms with Gasteiger partial charge >= 0.3 is 0 Å². The van der Waals surface area contributed by atoms with Crippen LogP contribution in [-0.2, 0) is 30.1 Å². The van der Waals surface area contributed by atoms with Crippen molar-refractivity contribution in [2.75, 3.05) is 31.1 Å². The molecule has 6 aromatic heterocycles. The molecule has 5 aliphatic carbocycles. The van der Waals surface area contributed by atoms with Crippen LogP contribution in [0.4, 0.5) is 11.6 Å². The molecule has 0 aliphatic heterocycles. The van der Waals surface area contributed by atoms with Gasteiger partial charge in [-0.05, 0) is 146 Å². The van der Waals surface area contributed by atoms with Crippen molar-refractivity contribution < 1.29 is 20.4 Å². The molecule has 10 N–H and O–H groups in total. The van der Waals surface area contributed by atoms with Gasteiger partial charge in [0, 0.05) is 74.8 Å². The van der Waals surface area contributed by atoms with Crippen molar-refractivity contribution in [2.45, 2.75) is 204 Å². The van der Waals surface area contributed by atoms with Crippen LogP contribution in [-0.4, -0.2) is 141 Å². The van der Waals surface area contributed by atoms with Crippen molar-refractivity contribution in [3.05, 3.63) is 95.9 Å². The van der Waals surface area contributed by atoms with Crippen LogP contribution >= 0.6 is 0 Å².